The summed E-state index contributed by atoms with van der Waals surface area (Å²) in [5, 5.41) is 65.5. The first kappa shape index (κ1) is 24.5. The molecule has 0 aliphatic rings. The number of hydrogen-bond acceptors (Lipinski definition) is 11. The highest BCUT2D eigenvalue weighted by atomic mass is 16.6. The third-order valence-corrected chi connectivity index (χ3v) is 5.49. The van der Waals surface area contributed by atoms with Crippen LogP contribution in [0.4, 0.5) is 5.69 Å². The normalized spacial score (nSPS) is 10.9. The van der Waals surface area contributed by atoms with E-state index in [1.165, 1.54) is 70.3 Å². The maximum Gasteiger partial charge on any atom is 0.339 e. The number of carboxylic acid groups (broad SMARTS) is 2. The number of aromatic nitrogens is 7. The predicted octanol–water partition coefficient (Wildman–Crippen LogP) is 2.29. The molecule has 0 aliphatic heterocycles. The summed E-state index contributed by atoms with van der Waals surface area (Å²) in [7, 11) is 0. The highest BCUT2D eigenvalue weighted by Crippen LogP contribution is 2.28. The number of aromatic carboxylic acids is 2. The molecule has 5 aromatic rings. The second kappa shape index (κ2) is 9.36. The first-order valence-corrected chi connectivity index (χ1v) is 10.8. The molecule has 5 rings (SSSR count). The van der Waals surface area contributed by atoms with Gasteiger partial charge in [0.05, 0.1) is 40.1 Å². The Morgan fingerprint density at radius 2 is 1.15 bits per heavy atom. The van der Waals surface area contributed by atoms with Crippen molar-refractivity contribution in [2.24, 2.45) is 0 Å². The first-order chi connectivity index (χ1) is 18.6. The maximum atomic E-state index is 11.6. The van der Waals surface area contributed by atoms with Crippen LogP contribution in [-0.2, 0) is 0 Å². The molecule has 194 valence electrons. The van der Waals surface area contributed by atoms with E-state index < -0.39 is 28.4 Å². The van der Waals surface area contributed by atoms with Gasteiger partial charge in [-0.1, -0.05) is 10.4 Å². The fraction of sp³-hybridized carbons (Fsp3) is 0. The van der Waals surface area contributed by atoms with E-state index in [0.717, 1.165) is 0 Å². The lowest BCUT2D eigenvalue weighted by atomic mass is 10.2. The zero-order chi connectivity index (χ0) is 27.8. The molecule has 0 saturated carbocycles. The SMILES string of the molecule is O=C(O)c1ccc(-n2cc(-c3cc([N+](=O)[O-])cc(-c4cn(-c5ccc(C(=O)O)c(O)c5)nn4)n3)nn2)cc1O. The number of benzene rings is 2. The average Bonchev–Trinajstić information content (AvgIpc) is 3.59. The largest absolute Gasteiger partial charge is 0.507 e. The van der Waals surface area contributed by atoms with E-state index in [9.17, 15) is 29.9 Å². The fourth-order valence-electron chi connectivity index (χ4n) is 3.59. The van der Waals surface area contributed by atoms with Crippen molar-refractivity contribution in [1.82, 2.24) is 35.0 Å². The Morgan fingerprint density at radius 1 is 0.718 bits per heavy atom. The molecular formula is C23H14N8O8. The van der Waals surface area contributed by atoms with Gasteiger partial charge in [-0.3, -0.25) is 10.1 Å². The van der Waals surface area contributed by atoms with Gasteiger partial charge in [0.25, 0.3) is 5.69 Å². The van der Waals surface area contributed by atoms with Crippen molar-refractivity contribution in [2.45, 2.75) is 0 Å². The third kappa shape index (κ3) is 4.67. The summed E-state index contributed by atoms with van der Waals surface area (Å²) in [6.45, 7) is 0. The van der Waals surface area contributed by atoms with Gasteiger partial charge in [0, 0.05) is 24.3 Å². The molecule has 3 aromatic heterocycles. The fourth-order valence-corrected chi connectivity index (χ4v) is 3.59. The van der Waals surface area contributed by atoms with Crippen LogP contribution in [0.1, 0.15) is 20.7 Å². The van der Waals surface area contributed by atoms with Crippen molar-refractivity contribution in [1.29, 1.82) is 0 Å². The zero-order valence-electron chi connectivity index (χ0n) is 19.3. The average molecular weight is 530 g/mol. The minimum Gasteiger partial charge on any atom is -0.507 e. The van der Waals surface area contributed by atoms with Gasteiger partial charge in [-0.15, -0.1) is 10.2 Å². The Balaban J connectivity index is 1.51. The van der Waals surface area contributed by atoms with Crippen LogP contribution >= 0.6 is 0 Å². The molecule has 39 heavy (non-hydrogen) atoms. The minimum atomic E-state index is -1.31. The van der Waals surface area contributed by atoms with E-state index in [1.807, 2.05) is 0 Å². The van der Waals surface area contributed by atoms with Crippen LogP contribution in [0.2, 0.25) is 0 Å². The molecule has 0 saturated heterocycles. The number of nitrogens with zero attached hydrogens (tertiary/aromatic N) is 8. The second-order valence-electron chi connectivity index (χ2n) is 7.96. The Labute approximate surface area is 215 Å². The summed E-state index contributed by atoms with van der Waals surface area (Å²) in [5.41, 5.74) is 0.0155. The molecular weight excluding hydrogens is 516 g/mol. The molecule has 0 bridgehead atoms. The standard InChI is InChI=1S/C23H14N8O8/c32-20-7-11(1-3-14(20)22(34)35)29-9-18(25-27-29)16-5-13(31(38)39)6-17(24-16)19-10-30(28-26-19)12-2-4-15(23(36)37)21(33)8-12/h1-10,32-33H,(H,34,35)(H,36,37). The molecule has 3 heterocycles. The summed E-state index contributed by atoms with van der Waals surface area (Å²) >= 11 is 0. The van der Waals surface area contributed by atoms with Gasteiger partial charge in [-0.05, 0) is 24.3 Å². The van der Waals surface area contributed by atoms with E-state index in [1.54, 1.807) is 0 Å². The molecule has 0 spiro atoms. The highest BCUT2D eigenvalue weighted by Gasteiger charge is 2.19. The Hall–Kier alpha value is -6.19. The first-order valence-electron chi connectivity index (χ1n) is 10.8. The van der Waals surface area contributed by atoms with Crippen LogP contribution in [0, 0.1) is 10.1 Å². The van der Waals surface area contributed by atoms with Gasteiger partial charge in [-0.2, -0.15) is 0 Å². The number of hydrogen-bond donors (Lipinski definition) is 4. The van der Waals surface area contributed by atoms with Crippen molar-refractivity contribution in [2.75, 3.05) is 0 Å². The van der Waals surface area contributed by atoms with E-state index in [4.69, 9.17) is 10.2 Å². The maximum absolute atomic E-state index is 11.6. The molecule has 16 heteroatoms. The monoisotopic (exact) mass is 530 g/mol. The minimum absolute atomic E-state index is 0.0647. The molecule has 0 fully saturated rings. The number of pyridine rings is 1. The van der Waals surface area contributed by atoms with Crippen LogP contribution in [0.3, 0.4) is 0 Å². The molecule has 0 atom stereocenters. The van der Waals surface area contributed by atoms with Gasteiger partial charge in [0.15, 0.2) is 0 Å². The van der Waals surface area contributed by atoms with Crippen molar-refractivity contribution >= 4 is 17.6 Å². The summed E-state index contributed by atoms with van der Waals surface area (Å²) < 4.78 is 2.45. The lowest BCUT2D eigenvalue weighted by Crippen LogP contribution is -2.00. The number of nitro groups is 1. The number of phenols is 2. The van der Waals surface area contributed by atoms with Crippen molar-refractivity contribution < 1.29 is 34.9 Å². The molecule has 0 unspecified atom stereocenters. The number of carbonyl (C=O) groups is 2. The molecule has 16 nitrogen and oxygen atoms in total. The Morgan fingerprint density at radius 3 is 1.51 bits per heavy atom. The Kier molecular flexibility index (Phi) is 5.88. The van der Waals surface area contributed by atoms with E-state index >= 15 is 0 Å². The number of aromatic hydroxyl groups is 2. The summed E-state index contributed by atoms with van der Waals surface area (Å²) in [6.07, 6.45) is 2.77. The van der Waals surface area contributed by atoms with Gasteiger partial charge in [-0.25, -0.2) is 23.9 Å². The lowest BCUT2D eigenvalue weighted by molar-refractivity contribution is -0.384. The summed E-state index contributed by atoms with van der Waals surface area (Å²) in [6, 6.07) is 9.87. The van der Waals surface area contributed by atoms with Crippen LogP contribution in [0.5, 0.6) is 11.5 Å². The number of carboxylic acids is 2. The number of rotatable bonds is 7. The van der Waals surface area contributed by atoms with E-state index in [0.29, 0.717) is 0 Å². The van der Waals surface area contributed by atoms with Crippen LogP contribution in [-0.4, -0.2) is 72.3 Å². The molecule has 4 N–H and O–H groups in total. The lowest BCUT2D eigenvalue weighted by Gasteiger charge is -2.04. The van der Waals surface area contributed by atoms with E-state index in [-0.39, 0.29) is 51.0 Å². The summed E-state index contributed by atoms with van der Waals surface area (Å²) in [5.74, 6) is -3.58. The zero-order valence-corrected chi connectivity index (χ0v) is 19.3. The van der Waals surface area contributed by atoms with Crippen molar-refractivity contribution in [3.8, 4) is 45.6 Å². The summed E-state index contributed by atoms with van der Waals surface area (Å²) in [4.78, 5) is 37.6. The molecule has 0 aliphatic carbocycles. The Bertz CT molecular complexity index is 1670. The topological polar surface area (TPSA) is 233 Å². The van der Waals surface area contributed by atoms with E-state index in [2.05, 4.69) is 25.6 Å². The van der Waals surface area contributed by atoms with Gasteiger partial charge < -0.3 is 20.4 Å². The van der Waals surface area contributed by atoms with Crippen molar-refractivity contribution in [3.63, 3.8) is 0 Å². The second-order valence-corrected chi connectivity index (χ2v) is 7.96. The van der Waals surface area contributed by atoms with Gasteiger partial charge in [0.1, 0.15) is 34.0 Å². The predicted molar refractivity (Wildman–Crippen MR) is 129 cm³/mol. The molecule has 2 aromatic carbocycles. The van der Waals surface area contributed by atoms with Crippen LogP contribution in [0.15, 0.2) is 60.9 Å². The van der Waals surface area contributed by atoms with Gasteiger partial charge in [0.2, 0.25) is 0 Å². The highest BCUT2D eigenvalue weighted by molar-refractivity contribution is 5.91. The van der Waals surface area contributed by atoms with Gasteiger partial charge >= 0.3 is 11.9 Å². The smallest absolute Gasteiger partial charge is 0.339 e. The third-order valence-electron chi connectivity index (χ3n) is 5.49. The quantitative estimate of drug-likeness (QED) is 0.175. The molecule has 0 radical (unpaired) electrons. The van der Waals surface area contributed by atoms with Crippen molar-refractivity contribution in [3.05, 3.63) is 82.2 Å². The molecule has 0 amide bonds. The van der Waals surface area contributed by atoms with Crippen LogP contribution < -0.4 is 0 Å². The van der Waals surface area contributed by atoms with Crippen LogP contribution in [0.25, 0.3) is 34.2 Å².